The van der Waals surface area contributed by atoms with Gasteiger partial charge in [-0.05, 0) is 74.3 Å². The minimum absolute atomic E-state index is 0.160. The first-order valence-electron chi connectivity index (χ1n) is 13.1. The molecule has 2 aliphatic heterocycles. The van der Waals surface area contributed by atoms with E-state index in [0.29, 0.717) is 53.9 Å². The first-order valence-corrected chi connectivity index (χ1v) is 13.8. The molecule has 0 radical (unpaired) electrons. The Kier molecular flexibility index (Phi) is 8.33. The lowest BCUT2D eigenvalue weighted by Gasteiger charge is -2.34. The quantitative estimate of drug-likeness (QED) is 0.382. The Morgan fingerprint density at radius 3 is 2.38 bits per heavy atom. The molecule has 0 aromatic heterocycles. The Balaban J connectivity index is 1.23. The number of hydrogen-bond donors (Lipinski definition) is 1. The van der Waals surface area contributed by atoms with Gasteiger partial charge in [-0.25, -0.2) is 13.6 Å². The number of carbonyl (C=O) groups is 2. The summed E-state index contributed by atoms with van der Waals surface area (Å²) in [5, 5.41) is 10.3. The van der Waals surface area contributed by atoms with Gasteiger partial charge in [0.15, 0.2) is 12.3 Å². The van der Waals surface area contributed by atoms with Crippen LogP contribution in [0.4, 0.5) is 8.78 Å². The lowest BCUT2D eigenvalue weighted by atomic mass is 9.97. The summed E-state index contributed by atoms with van der Waals surface area (Å²) in [4.78, 5) is 27.6. The molecule has 1 saturated carbocycles. The van der Waals surface area contributed by atoms with Gasteiger partial charge in [0.25, 0.3) is 5.91 Å². The van der Waals surface area contributed by atoms with E-state index in [1.54, 1.807) is 30.0 Å². The molecule has 3 aliphatic rings. The standard InChI is InChI=1S/C28H30Cl2F2N2O5/c1-15-25(28(36)37)34(14-39-15)27(35)22-11-21(17-2-3-17)24(12-23(22)31)38-13-16-4-6-33(7-5-16)26(32)18-8-19(29)10-20(30)9-18/h8-12,15-17,25-26H,2-7,13-14H2,1H3,(H,36,37)/t15-,25+,26?/m1/s1. The maximum atomic E-state index is 15.2. The van der Waals surface area contributed by atoms with Crippen LogP contribution in [0.15, 0.2) is 30.3 Å². The third kappa shape index (κ3) is 6.16. The summed E-state index contributed by atoms with van der Waals surface area (Å²) in [6, 6.07) is 6.27. The summed E-state index contributed by atoms with van der Waals surface area (Å²) < 4.78 is 41.7. The average molecular weight is 583 g/mol. The number of nitrogens with zero attached hydrogens (tertiary/aromatic N) is 2. The van der Waals surface area contributed by atoms with Crippen LogP contribution in [-0.4, -0.2) is 65.4 Å². The number of aliphatic carboxylic acids is 1. The van der Waals surface area contributed by atoms with Crippen molar-refractivity contribution in [3.05, 3.63) is 62.9 Å². The number of likely N-dealkylation sites (tertiary alicyclic amines) is 1. The normalized spacial score (nSPS) is 23.2. The van der Waals surface area contributed by atoms with Crippen LogP contribution in [0, 0.1) is 11.7 Å². The average Bonchev–Trinajstić information content (AvgIpc) is 3.66. The molecule has 39 heavy (non-hydrogen) atoms. The second-order valence-corrected chi connectivity index (χ2v) is 11.4. The Morgan fingerprint density at radius 1 is 1.10 bits per heavy atom. The zero-order chi connectivity index (χ0) is 27.8. The van der Waals surface area contributed by atoms with Crippen molar-refractivity contribution in [3.63, 3.8) is 0 Å². The summed E-state index contributed by atoms with van der Waals surface area (Å²) in [5.74, 6) is -1.96. The molecular formula is C28H30Cl2F2N2O5. The van der Waals surface area contributed by atoms with Crippen molar-refractivity contribution in [1.29, 1.82) is 0 Å². The number of carboxylic acid groups (broad SMARTS) is 1. The van der Waals surface area contributed by atoms with Gasteiger partial charge >= 0.3 is 5.97 Å². The van der Waals surface area contributed by atoms with Gasteiger partial charge in [-0.1, -0.05) is 23.2 Å². The van der Waals surface area contributed by atoms with E-state index in [0.717, 1.165) is 23.3 Å². The molecular weight excluding hydrogens is 553 g/mol. The lowest BCUT2D eigenvalue weighted by Crippen LogP contribution is -2.44. The highest BCUT2D eigenvalue weighted by atomic mass is 35.5. The molecule has 7 nitrogen and oxygen atoms in total. The van der Waals surface area contributed by atoms with Crippen LogP contribution >= 0.6 is 23.2 Å². The van der Waals surface area contributed by atoms with E-state index in [2.05, 4.69) is 0 Å². The van der Waals surface area contributed by atoms with E-state index >= 15 is 8.78 Å². The predicted octanol–water partition coefficient (Wildman–Crippen LogP) is 6.04. The van der Waals surface area contributed by atoms with Crippen molar-refractivity contribution >= 4 is 35.1 Å². The number of amides is 1. The SMILES string of the molecule is C[C@H]1OCN(C(=O)c2cc(C3CC3)c(OCC3CCN(C(F)c4cc(Cl)cc(Cl)c4)CC3)cc2F)[C@@H]1C(=O)O. The number of benzene rings is 2. The first kappa shape index (κ1) is 28.1. The van der Waals surface area contributed by atoms with E-state index in [4.69, 9.17) is 32.7 Å². The number of piperidine rings is 1. The highest BCUT2D eigenvalue weighted by molar-refractivity contribution is 6.34. The van der Waals surface area contributed by atoms with E-state index in [9.17, 15) is 14.7 Å². The number of carboxylic acids is 1. The van der Waals surface area contributed by atoms with Crippen molar-refractivity contribution < 1.29 is 33.0 Å². The summed E-state index contributed by atoms with van der Waals surface area (Å²) in [7, 11) is 0. The van der Waals surface area contributed by atoms with Crippen molar-refractivity contribution in [3.8, 4) is 5.75 Å². The molecule has 5 rings (SSSR count). The van der Waals surface area contributed by atoms with Gasteiger partial charge in [-0.3, -0.25) is 14.6 Å². The van der Waals surface area contributed by atoms with Gasteiger partial charge in [0.2, 0.25) is 0 Å². The Bertz CT molecular complexity index is 1230. The van der Waals surface area contributed by atoms with E-state index in [-0.39, 0.29) is 24.1 Å². The smallest absolute Gasteiger partial charge is 0.329 e. The molecule has 210 valence electrons. The van der Waals surface area contributed by atoms with Gasteiger partial charge in [0.1, 0.15) is 18.3 Å². The zero-order valence-corrected chi connectivity index (χ0v) is 22.9. The van der Waals surface area contributed by atoms with E-state index in [1.165, 1.54) is 12.1 Å². The molecule has 3 fully saturated rings. The van der Waals surface area contributed by atoms with Crippen LogP contribution in [0.25, 0.3) is 0 Å². The highest BCUT2D eigenvalue weighted by Gasteiger charge is 2.42. The minimum atomic E-state index is -1.31. The number of carbonyl (C=O) groups excluding carboxylic acids is 1. The summed E-state index contributed by atoms with van der Waals surface area (Å²) in [5.41, 5.74) is 0.988. The molecule has 2 heterocycles. The molecule has 11 heteroatoms. The van der Waals surface area contributed by atoms with Crippen molar-refractivity contribution in [2.45, 2.75) is 57.0 Å². The van der Waals surface area contributed by atoms with Gasteiger partial charge in [-0.2, -0.15) is 0 Å². The van der Waals surface area contributed by atoms with E-state index in [1.807, 2.05) is 0 Å². The summed E-state index contributed by atoms with van der Waals surface area (Å²) in [6.45, 7) is 2.75. The molecule has 0 bridgehead atoms. The molecule has 2 aromatic rings. The maximum absolute atomic E-state index is 15.2. The number of rotatable bonds is 8. The second kappa shape index (κ2) is 11.6. The molecule has 0 spiro atoms. The molecule has 1 unspecified atom stereocenters. The van der Waals surface area contributed by atoms with Gasteiger partial charge in [0.05, 0.1) is 18.3 Å². The van der Waals surface area contributed by atoms with Crippen molar-refractivity contribution in [1.82, 2.24) is 9.80 Å². The Hall–Kier alpha value is -2.46. The first-order chi connectivity index (χ1) is 18.6. The molecule has 2 aromatic carbocycles. The van der Waals surface area contributed by atoms with Crippen molar-refractivity contribution in [2.75, 3.05) is 26.4 Å². The highest BCUT2D eigenvalue weighted by Crippen LogP contribution is 2.45. The van der Waals surface area contributed by atoms with Gasteiger partial charge < -0.3 is 14.6 Å². The van der Waals surface area contributed by atoms with Gasteiger partial charge in [-0.15, -0.1) is 0 Å². The van der Waals surface area contributed by atoms with Gasteiger partial charge in [0, 0.05) is 34.8 Å². The number of hydrogen-bond acceptors (Lipinski definition) is 5. The molecule has 3 atom stereocenters. The Labute approximate surface area is 235 Å². The zero-order valence-electron chi connectivity index (χ0n) is 21.4. The minimum Gasteiger partial charge on any atom is -0.493 e. The number of alkyl halides is 1. The molecule has 1 N–H and O–H groups in total. The number of halogens is 4. The van der Waals surface area contributed by atoms with Crippen LogP contribution in [-0.2, 0) is 9.53 Å². The van der Waals surface area contributed by atoms with Crippen LogP contribution < -0.4 is 4.74 Å². The second-order valence-electron chi connectivity index (χ2n) is 10.5. The third-order valence-electron chi connectivity index (χ3n) is 7.72. The topological polar surface area (TPSA) is 79.3 Å². The molecule has 1 amide bonds. The van der Waals surface area contributed by atoms with E-state index < -0.39 is 36.1 Å². The number of ether oxygens (including phenoxy) is 2. The van der Waals surface area contributed by atoms with Crippen molar-refractivity contribution in [2.24, 2.45) is 5.92 Å². The fraction of sp³-hybridized carbons (Fsp3) is 0.500. The van der Waals surface area contributed by atoms with Crippen LogP contribution in [0.1, 0.15) is 66.3 Å². The monoisotopic (exact) mass is 582 g/mol. The van der Waals surface area contributed by atoms with Crippen LogP contribution in [0.2, 0.25) is 10.0 Å². The predicted molar refractivity (Wildman–Crippen MR) is 141 cm³/mol. The molecule has 2 saturated heterocycles. The summed E-state index contributed by atoms with van der Waals surface area (Å²) >= 11 is 12.1. The third-order valence-corrected chi connectivity index (χ3v) is 8.16. The van der Waals surface area contributed by atoms with Crippen LogP contribution in [0.5, 0.6) is 5.75 Å². The lowest BCUT2D eigenvalue weighted by molar-refractivity contribution is -0.142. The fourth-order valence-electron chi connectivity index (χ4n) is 5.35. The summed E-state index contributed by atoms with van der Waals surface area (Å²) in [6.07, 6.45) is 1.21. The Morgan fingerprint density at radius 2 is 1.77 bits per heavy atom. The molecule has 1 aliphatic carbocycles. The fourth-order valence-corrected chi connectivity index (χ4v) is 5.89. The van der Waals surface area contributed by atoms with Crippen LogP contribution in [0.3, 0.4) is 0 Å². The maximum Gasteiger partial charge on any atom is 0.329 e. The largest absolute Gasteiger partial charge is 0.493 e.